The SMILES string of the molecule is O=C(NCCCNC(=O)c1ccccc1Br)c1ccncc1. The lowest BCUT2D eigenvalue weighted by molar-refractivity contribution is 0.0951. The van der Waals surface area contributed by atoms with Crippen molar-refractivity contribution in [3.05, 3.63) is 64.4 Å². The zero-order valence-electron chi connectivity index (χ0n) is 11.9. The van der Waals surface area contributed by atoms with Gasteiger partial charge in [-0.25, -0.2) is 0 Å². The Bertz CT molecular complexity index is 647. The van der Waals surface area contributed by atoms with Crippen LogP contribution in [0, 0.1) is 0 Å². The molecule has 2 N–H and O–H groups in total. The number of benzene rings is 1. The lowest BCUT2D eigenvalue weighted by Gasteiger charge is -2.08. The Morgan fingerprint density at radius 2 is 1.59 bits per heavy atom. The number of rotatable bonds is 6. The largest absolute Gasteiger partial charge is 0.352 e. The maximum Gasteiger partial charge on any atom is 0.252 e. The predicted octanol–water partition coefficient (Wildman–Crippen LogP) is 2.39. The molecule has 0 spiro atoms. The third-order valence-electron chi connectivity index (χ3n) is 2.99. The summed E-state index contributed by atoms with van der Waals surface area (Å²) in [5.74, 6) is -0.271. The number of pyridine rings is 1. The Morgan fingerprint density at radius 3 is 2.27 bits per heavy atom. The third-order valence-corrected chi connectivity index (χ3v) is 3.68. The van der Waals surface area contributed by atoms with Crippen LogP contribution in [-0.4, -0.2) is 29.9 Å². The van der Waals surface area contributed by atoms with Crippen LogP contribution >= 0.6 is 15.9 Å². The summed E-state index contributed by atoms with van der Waals surface area (Å²) in [6.07, 6.45) is 3.81. The van der Waals surface area contributed by atoms with Gasteiger partial charge >= 0.3 is 0 Å². The van der Waals surface area contributed by atoms with E-state index in [2.05, 4.69) is 31.5 Å². The van der Waals surface area contributed by atoms with Gasteiger partial charge in [-0.1, -0.05) is 12.1 Å². The first kappa shape index (κ1) is 16.2. The molecular weight excluding hydrogens is 346 g/mol. The molecule has 0 bridgehead atoms. The highest BCUT2D eigenvalue weighted by molar-refractivity contribution is 9.10. The zero-order valence-corrected chi connectivity index (χ0v) is 13.5. The van der Waals surface area contributed by atoms with Crippen LogP contribution < -0.4 is 10.6 Å². The van der Waals surface area contributed by atoms with E-state index in [4.69, 9.17) is 0 Å². The van der Waals surface area contributed by atoms with Gasteiger partial charge in [-0.3, -0.25) is 14.6 Å². The first-order chi connectivity index (χ1) is 10.7. The van der Waals surface area contributed by atoms with Crippen molar-refractivity contribution in [3.8, 4) is 0 Å². The van der Waals surface area contributed by atoms with Crippen LogP contribution in [0.3, 0.4) is 0 Å². The molecule has 2 rings (SSSR count). The first-order valence-electron chi connectivity index (χ1n) is 6.89. The molecule has 2 aromatic rings. The van der Waals surface area contributed by atoms with Gasteiger partial charge in [0.15, 0.2) is 0 Å². The molecule has 0 saturated carbocycles. The van der Waals surface area contributed by atoms with Crippen molar-refractivity contribution < 1.29 is 9.59 Å². The Morgan fingerprint density at radius 1 is 0.955 bits per heavy atom. The van der Waals surface area contributed by atoms with Crippen LogP contribution in [-0.2, 0) is 0 Å². The van der Waals surface area contributed by atoms with Gasteiger partial charge < -0.3 is 10.6 Å². The van der Waals surface area contributed by atoms with E-state index < -0.39 is 0 Å². The smallest absolute Gasteiger partial charge is 0.252 e. The monoisotopic (exact) mass is 361 g/mol. The number of carbonyl (C=O) groups is 2. The number of nitrogens with zero attached hydrogens (tertiary/aromatic N) is 1. The van der Waals surface area contributed by atoms with Crippen molar-refractivity contribution in [2.24, 2.45) is 0 Å². The van der Waals surface area contributed by atoms with Crippen LogP contribution in [0.25, 0.3) is 0 Å². The van der Waals surface area contributed by atoms with Crippen LogP contribution in [0.2, 0.25) is 0 Å². The molecule has 0 fully saturated rings. The Hall–Kier alpha value is -2.21. The molecule has 2 amide bonds. The summed E-state index contributed by atoms with van der Waals surface area (Å²) < 4.78 is 0.762. The topological polar surface area (TPSA) is 71.1 Å². The summed E-state index contributed by atoms with van der Waals surface area (Å²) >= 11 is 3.34. The number of nitrogens with one attached hydrogen (secondary N) is 2. The molecular formula is C16H16BrN3O2. The average Bonchev–Trinajstić information content (AvgIpc) is 2.55. The van der Waals surface area contributed by atoms with E-state index in [0.29, 0.717) is 30.6 Å². The van der Waals surface area contributed by atoms with E-state index >= 15 is 0 Å². The van der Waals surface area contributed by atoms with E-state index in [0.717, 1.165) is 4.47 Å². The van der Waals surface area contributed by atoms with Crippen molar-refractivity contribution in [1.29, 1.82) is 0 Å². The number of hydrogen-bond donors (Lipinski definition) is 2. The second-order valence-electron chi connectivity index (χ2n) is 4.58. The van der Waals surface area contributed by atoms with Crippen molar-refractivity contribution in [1.82, 2.24) is 15.6 Å². The fraction of sp³-hybridized carbons (Fsp3) is 0.188. The summed E-state index contributed by atoms with van der Waals surface area (Å²) in [6.45, 7) is 0.994. The first-order valence-corrected chi connectivity index (χ1v) is 7.69. The fourth-order valence-electron chi connectivity index (χ4n) is 1.84. The lowest BCUT2D eigenvalue weighted by Crippen LogP contribution is -2.30. The number of amides is 2. The molecule has 1 heterocycles. The highest BCUT2D eigenvalue weighted by atomic mass is 79.9. The molecule has 1 aromatic carbocycles. The summed E-state index contributed by atoms with van der Waals surface area (Å²) in [5, 5.41) is 5.62. The van der Waals surface area contributed by atoms with Crippen LogP contribution in [0.5, 0.6) is 0 Å². The van der Waals surface area contributed by atoms with Gasteiger partial charge in [-0.2, -0.15) is 0 Å². The second-order valence-corrected chi connectivity index (χ2v) is 5.44. The summed E-state index contributed by atoms with van der Waals surface area (Å²) in [4.78, 5) is 27.6. The molecule has 0 saturated heterocycles. The lowest BCUT2D eigenvalue weighted by atomic mass is 10.2. The molecule has 0 atom stereocenters. The number of aromatic nitrogens is 1. The minimum absolute atomic E-state index is 0.132. The van der Waals surface area contributed by atoms with E-state index in [9.17, 15) is 9.59 Å². The molecule has 22 heavy (non-hydrogen) atoms. The minimum atomic E-state index is -0.139. The molecule has 0 aliphatic heterocycles. The van der Waals surface area contributed by atoms with Gasteiger partial charge in [0.1, 0.15) is 0 Å². The molecule has 5 nitrogen and oxygen atoms in total. The predicted molar refractivity (Wildman–Crippen MR) is 87.7 cm³/mol. The van der Waals surface area contributed by atoms with Gasteiger partial charge in [-0.05, 0) is 46.6 Å². The third kappa shape index (κ3) is 4.66. The van der Waals surface area contributed by atoms with Crippen LogP contribution in [0.15, 0.2) is 53.3 Å². The van der Waals surface area contributed by atoms with Crippen LogP contribution in [0.1, 0.15) is 27.1 Å². The van der Waals surface area contributed by atoms with Crippen molar-refractivity contribution >= 4 is 27.7 Å². The van der Waals surface area contributed by atoms with Crippen molar-refractivity contribution in [3.63, 3.8) is 0 Å². The maximum atomic E-state index is 11.9. The number of halogens is 1. The highest BCUT2D eigenvalue weighted by Crippen LogP contribution is 2.15. The zero-order chi connectivity index (χ0) is 15.8. The van der Waals surface area contributed by atoms with Gasteiger partial charge in [0.2, 0.25) is 0 Å². The van der Waals surface area contributed by atoms with Gasteiger partial charge in [0.05, 0.1) is 5.56 Å². The minimum Gasteiger partial charge on any atom is -0.352 e. The van der Waals surface area contributed by atoms with E-state index in [1.54, 1.807) is 30.6 Å². The van der Waals surface area contributed by atoms with Gasteiger partial charge in [0, 0.05) is 35.5 Å². The maximum absolute atomic E-state index is 11.9. The Kier molecular flexibility index (Phi) is 6.09. The highest BCUT2D eigenvalue weighted by Gasteiger charge is 2.08. The quantitative estimate of drug-likeness (QED) is 0.776. The molecule has 114 valence electrons. The van der Waals surface area contributed by atoms with Crippen molar-refractivity contribution in [2.45, 2.75) is 6.42 Å². The molecule has 0 aliphatic carbocycles. The summed E-state index contributed by atoms with van der Waals surface area (Å²) in [7, 11) is 0. The standard InChI is InChI=1S/C16H16BrN3O2/c17-14-5-2-1-4-13(14)16(22)20-9-3-8-19-15(21)12-6-10-18-11-7-12/h1-2,4-7,10-11H,3,8-9H2,(H,19,21)(H,20,22). The van der Waals surface area contributed by atoms with Gasteiger partial charge in [-0.15, -0.1) is 0 Å². The Labute approximate surface area is 137 Å². The summed E-state index contributed by atoms with van der Waals surface area (Å²) in [6, 6.07) is 10.6. The molecule has 0 radical (unpaired) electrons. The summed E-state index contributed by atoms with van der Waals surface area (Å²) in [5.41, 5.74) is 1.18. The Balaban J connectivity index is 1.69. The second kappa shape index (κ2) is 8.29. The van der Waals surface area contributed by atoms with E-state index in [1.807, 2.05) is 18.2 Å². The number of carbonyl (C=O) groups excluding carboxylic acids is 2. The van der Waals surface area contributed by atoms with E-state index in [1.165, 1.54) is 0 Å². The fourth-order valence-corrected chi connectivity index (χ4v) is 2.30. The van der Waals surface area contributed by atoms with E-state index in [-0.39, 0.29) is 11.8 Å². The molecule has 6 heteroatoms. The molecule has 1 aromatic heterocycles. The van der Waals surface area contributed by atoms with Crippen LogP contribution in [0.4, 0.5) is 0 Å². The normalized spacial score (nSPS) is 10.0. The molecule has 0 unspecified atom stereocenters. The van der Waals surface area contributed by atoms with Crippen molar-refractivity contribution in [2.75, 3.05) is 13.1 Å². The van der Waals surface area contributed by atoms with Gasteiger partial charge in [0.25, 0.3) is 11.8 Å². The number of hydrogen-bond acceptors (Lipinski definition) is 3. The average molecular weight is 362 g/mol. The molecule has 0 aliphatic rings.